The SMILES string of the molecule is CCCCCSc1ncnc2c1c(-c1ccccc1)cn2-c1cccc(C)c1. The van der Waals surface area contributed by atoms with Gasteiger partial charge in [0.15, 0.2) is 0 Å². The van der Waals surface area contributed by atoms with E-state index in [0.717, 1.165) is 27.5 Å². The highest BCUT2D eigenvalue weighted by Gasteiger charge is 2.17. The van der Waals surface area contributed by atoms with E-state index in [1.54, 1.807) is 6.33 Å². The van der Waals surface area contributed by atoms with Gasteiger partial charge < -0.3 is 4.57 Å². The number of fused-ring (bicyclic) bond motifs is 1. The number of unbranched alkanes of at least 4 members (excludes halogenated alkanes) is 2. The molecule has 4 rings (SSSR count). The van der Waals surface area contributed by atoms with Crippen LogP contribution in [0.25, 0.3) is 27.8 Å². The summed E-state index contributed by atoms with van der Waals surface area (Å²) in [6.45, 7) is 4.36. The van der Waals surface area contributed by atoms with Gasteiger partial charge in [-0.3, -0.25) is 0 Å². The summed E-state index contributed by atoms with van der Waals surface area (Å²) in [5, 5.41) is 2.23. The van der Waals surface area contributed by atoms with Gasteiger partial charge in [0.05, 0.1) is 5.39 Å². The molecule has 28 heavy (non-hydrogen) atoms. The molecule has 0 saturated carbocycles. The van der Waals surface area contributed by atoms with Crippen LogP contribution in [0.4, 0.5) is 0 Å². The number of thioether (sulfide) groups is 1. The highest BCUT2D eigenvalue weighted by molar-refractivity contribution is 7.99. The Morgan fingerprint density at radius 3 is 2.61 bits per heavy atom. The highest BCUT2D eigenvalue weighted by Crippen LogP contribution is 2.37. The summed E-state index contributed by atoms with van der Waals surface area (Å²) >= 11 is 1.85. The van der Waals surface area contributed by atoms with Crippen molar-refractivity contribution in [2.24, 2.45) is 0 Å². The van der Waals surface area contributed by atoms with Crippen molar-refractivity contribution in [1.82, 2.24) is 14.5 Å². The van der Waals surface area contributed by atoms with E-state index in [9.17, 15) is 0 Å². The lowest BCUT2D eigenvalue weighted by molar-refractivity contribution is 0.778. The van der Waals surface area contributed by atoms with E-state index < -0.39 is 0 Å². The van der Waals surface area contributed by atoms with Gasteiger partial charge in [0.2, 0.25) is 0 Å². The smallest absolute Gasteiger partial charge is 0.149 e. The van der Waals surface area contributed by atoms with Crippen LogP contribution in [-0.4, -0.2) is 20.3 Å². The number of hydrogen-bond acceptors (Lipinski definition) is 3. The number of nitrogens with zero attached hydrogens (tertiary/aromatic N) is 3. The summed E-state index contributed by atoms with van der Waals surface area (Å²) in [6, 6.07) is 19.1. The van der Waals surface area contributed by atoms with E-state index in [1.807, 2.05) is 11.8 Å². The molecule has 3 nitrogen and oxygen atoms in total. The van der Waals surface area contributed by atoms with E-state index in [1.165, 1.54) is 36.0 Å². The fourth-order valence-corrected chi connectivity index (χ4v) is 4.48. The molecule has 2 aromatic carbocycles. The fraction of sp³-hybridized carbons (Fsp3) is 0.250. The average Bonchev–Trinajstić information content (AvgIpc) is 3.12. The van der Waals surface area contributed by atoms with E-state index in [0.29, 0.717) is 0 Å². The molecule has 0 aliphatic heterocycles. The van der Waals surface area contributed by atoms with Crippen molar-refractivity contribution in [2.45, 2.75) is 38.1 Å². The Bertz CT molecular complexity index is 1070. The molecule has 2 heterocycles. The van der Waals surface area contributed by atoms with Crippen molar-refractivity contribution < 1.29 is 0 Å². The first kappa shape index (κ1) is 18.8. The van der Waals surface area contributed by atoms with Crippen LogP contribution in [-0.2, 0) is 0 Å². The lowest BCUT2D eigenvalue weighted by atomic mass is 10.1. The van der Waals surface area contributed by atoms with Crippen molar-refractivity contribution in [1.29, 1.82) is 0 Å². The minimum Gasteiger partial charge on any atom is -0.301 e. The summed E-state index contributed by atoms with van der Waals surface area (Å²) in [5.41, 5.74) is 5.73. The molecule has 0 N–H and O–H groups in total. The van der Waals surface area contributed by atoms with Gasteiger partial charge in [0.1, 0.15) is 17.0 Å². The Hall–Kier alpha value is -2.59. The van der Waals surface area contributed by atoms with Gasteiger partial charge in [-0.25, -0.2) is 9.97 Å². The molecule has 0 unspecified atom stereocenters. The average molecular weight is 388 g/mol. The monoisotopic (exact) mass is 387 g/mol. The lowest BCUT2D eigenvalue weighted by Crippen LogP contribution is -1.95. The Kier molecular flexibility index (Phi) is 5.77. The van der Waals surface area contributed by atoms with Gasteiger partial charge >= 0.3 is 0 Å². The third kappa shape index (κ3) is 3.83. The first-order valence-electron chi connectivity index (χ1n) is 9.89. The number of benzene rings is 2. The van der Waals surface area contributed by atoms with Crippen LogP contribution in [0.15, 0.2) is 72.1 Å². The summed E-state index contributed by atoms with van der Waals surface area (Å²) in [6.07, 6.45) is 7.62. The standard InChI is InChI=1S/C24H25N3S/c1-3-4-8-14-28-24-22-21(19-11-6-5-7-12-19)16-27(23(22)25-17-26-24)20-13-9-10-18(2)15-20/h5-7,9-13,15-17H,3-4,8,14H2,1-2H3. The third-order valence-electron chi connectivity index (χ3n) is 4.90. The quantitative estimate of drug-likeness (QED) is 0.201. The van der Waals surface area contributed by atoms with Crippen molar-refractivity contribution in [3.8, 4) is 16.8 Å². The zero-order valence-electron chi connectivity index (χ0n) is 16.4. The third-order valence-corrected chi connectivity index (χ3v) is 5.98. The number of rotatable bonds is 7. The van der Waals surface area contributed by atoms with Crippen LogP contribution in [0.3, 0.4) is 0 Å². The summed E-state index contributed by atoms with van der Waals surface area (Å²) in [5.74, 6) is 1.09. The molecular formula is C24H25N3S. The van der Waals surface area contributed by atoms with Gasteiger partial charge in [0, 0.05) is 17.4 Å². The van der Waals surface area contributed by atoms with Crippen LogP contribution < -0.4 is 0 Å². The van der Waals surface area contributed by atoms with Crippen molar-refractivity contribution in [3.05, 3.63) is 72.7 Å². The fourth-order valence-electron chi connectivity index (χ4n) is 3.48. The second-order valence-electron chi connectivity index (χ2n) is 7.05. The molecule has 0 fully saturated rings. The number of aryl methyl sites for hydroxylation is 1. The molecule has 0 saturated heterocycles. The van der Waals surface area contributed by atoms with E-state index in [2.05, 4.69) is 89.2 Å². The van der Waals surface area contributed by atoms with Crippen molar-refractivity contribution >= 4 is 22.8 Å². The first-order chi connectivity index (χ1) is 13.8. The largest absolute Gasteiger partial charge is 0.301 e. The minimum atomic E-state index is 0.970. The molecule has 0 atom stereocenters. The van der Waals surface area contributed by atoms with Gasteiger partial charge in [-0.15, -0.1) is 11.8 Å². The second-order valence-corrected chi connectivity index (χ2v) is 8.13. The summed E-state index contributed by atoms with van der Waals surface area (Å²) < 4.78 is 2.20. The maximum atomic E-state index is 4.68. The van der Waals surface area contributed by atoms with Crippen LogP contribution in [0.1, 0.15) is 31.7 Å². The van der Waals surface area contributed by atoms with Crippen molar-refractivity contribution in [2.75, 3.05) is 5.75 Å². The normalized spacial score (nSPS) is 11.2. The van der Waals surface area contributed by atoms with E-state index in [-0.39, 0.29) is 0 Å². The molecule has 0 aliphatic carbocycles. The molecule has 4 heteroatoms. The first-order valence-corrected chi connectivity index (χ1v) is 10.9. The Morgan fingerprint density at radius 2 is 1.82 bits per heavy atom. The molecular weight excluding hydrogens is 362 g/mol. The van der Waals surface area contributed by atoms with E-state index in [4.69, 9.17) is 0 Å². The molecule has 0 bridgehead atoms. The van der Waals surface area contributed by atoms with E-state index >= 15 is 0 Å². The van der Waals surface area contributed by atoms with Crippen molar-refractivity contribution in [3.63, 3.8) is 0 Å². The van der Waals surface area contributed by atoms with Crippen LogP contribution in [0.2, 0.25) is 0 Å². The molecule has 0 aliphatic rings. The molecule has 142 valence electrons. The highest BCUT2D eigenvalue weighted by atomic mass is 32.2. The molecule has 0 amide bonds. The maximum absolute atomic E-state index is 4.68. The molecule has 0 radical (unpaired) electrons. The molecule has 4 aromatic rings. The van der Waals surface area contributed by atoms with Gasteiger partial charge in [-0.2, -0.15) is 0 Å². The predicted molar refractivity (Wildman–Crippen MR) is 119 cm³/mol. The van der Waals surface area contributed by atoms with Crippen LogP contribution >= 0.6 is 11.8 Å². The molecule has 0 spiro atoms. The topological polar surface area (TPSA) is 30.7 Å². The Morgan fingerprint density at radius 1 is 0.964 bits per heavy atom. The summed E-state index contributed by atoms with van der Waals surface area (Å²) in [4.78, 5) is 9.33. The van der Waals surface area contributed by atoms with Gasteiger partial charge in [-0.1, -0.05) is 62.2 Å². The minimum absolute atomic E-state index is 0.970. The maximum Gasteiger partial charge on any atom is 0.149 e. The second kappa shape index (κ2) is 8.61. The summed E-state index contributed by atoms with van der Waals surface area (Å²) in [7, 11) is 0. The number of hydrogen-bond donors (Lipinski definition) is 0. The van der Waals surface area contributed by atoms with Gasteiger partial charge in [0.25, 0.3) is 0 Å². The van der Waals surface area contributed by atoms with Gasteiger partial charge in [-0.05, 0) is 42.4 Å². The van der Waals surface area contributed by atoms with Crippen LogP contribution in [0.5, 0.6) is 0 Å². The van der Waals surface area contributed by atoms with Crippen LogP contribution in [0, 0.1) is 6.92 Å². The Labute approximate surface area is 170 Å². The lowest BCUT2D eigenvalue weighted by Gasteiger charge is -2.07. The zero-order valence-corrected chi connectivity index (χ0v) is 17.2. The number of aromatic nitrogens is 3. The zero-order chi connectivity index (χ0) is 19.3. The predicted octanol–water partition coefficient (Wildman–Crippen LogP) is 6.68. The Balaban J connectivity index is 1.88. The molecule has 2 aromatic heterocycles.